The molecule has 30 heavy (non-hydrogen) atoms. The van der Waals surface area contributed by atoms with Crippen molar-refractivity contribution in [1.29, 1.82) is 0 Å². The van der Waals surface area contributed by atoms with Crippen molar-refractivity contribution in [3.05, 3.63) is 35.9 Å². The van der Waals surface area contributed by atoms with Gasteiger partial charge in [0.15, 0.2) is 0 Å². The van der Waals surface area contributed by atoms with Crippen molar-refractivity contribution in [2.24, 2.45) is 5.92 Å². The van der Waals surface area contributed by atoms with E-state index >= 15 is 0 Å². The number of carbonyl (C=O) groups excluding carboxylic acids is 3. The number of amides is 2. The zero-order valence-corrected chi connectivity index (χ0v) is 18.0. The summed E-state index contributed by atoms with van der Waals surface area (Å²) < 4.78 is 5.40. The van der Waals surface area contributed by atoms with E-state index in [4.69, 9.17) is 4.74 Å². The van der Waals surface area contributed by atoms with Gasteiger partial charge in [-0.3, -0.25) is 24.6 Å². The third-order valence-corrected chi connectivity index (χ3v) is 5.21. The second-order valence-electron chi connectivity index (χ2n) is 8.91. The van der Waals surface area contributed by atoms with Crippen molar-refractivity contribution in [3.8, 4) is 0 Å². The van der Waals surface area contributed by atoms with E-state index in [0.717, 1.165) is 24.2 Å². The first-order chi connectivity index (χ1) is 14.2. The molecule has 1 atom stereocenters. The summed E-state index contributed by atoms with van der Waals surface area (Å²) in [7, 11) is 0. The van der Waals surface area contributed by atoms with Crippen LogP contribution >= 0.6 is 0 Å². The van der Waals surface area contributed by atoms with E-state index < -0.39 is 5.60 Å². The molecule has 2 aliphatic rings. The highest BCUT2D eigenvalue weighted by atomic mass is 16.6. The maximum Gasteiger partial charge on any atom is 0.320 e. The predicted octanol–water partition coefficient (Wildman–Crippen LogP) is 2.58. The molecule has 0 aliphatic carbocycles. The highest BCUT2D eigenvalue weighted by molar-refractivity contribution is 5.98. The first-order valence-electron chi connectivity index (χ1n) is 10.5. The van der Waals surface area contributed by atoms with Crippen LogP contribution in [0.15, 0.2) is 30.3 Å². The average Bonchev–Trinajstić information content (AvgIpc) is 2.66. The number of imide groups is 1. The lowest BCUT2D eigenvalue weighted by Crippen LogP contribution is -2.43. The number of piperidine rings is 1. The molecular weight excluding hydrogens is 382 g/mol. The minimum absolute atomic E-state index is 0.191. The second-order valence-corrected chi connectivity index (χ2v) is 8.91. The third kappa shape index (κ3) is 6.42. The topological polar surface area (TPSA) is 87.7 Å². The van der Waals surface area contributed by atoms with Crippen LogP contribution in [0.3, 0.4) is 0 Å². The van der Waals surface area contributed by atoms with Crippen LogP contribution < -0.4 is 10.6 Å². The number of benzene rings is 1. The van der Waals surface area contributed by atoms with Crippen molar-refractivity contribution in [2.75, 3.05) is 31.5 Å². The molecule has 0 spiro atoms. The Morgan fingerprint density at radius 1 is 1.27 bits per heavy atom. The van der Waals surface area contributed by atoms with Crippen LogP contribution in [0.4, 0.5) is 5.69 Å². The Balaban J connectivity index is 1.53. The lowest BCUT2D eigenvalue weighted by molar-refractivity contribution is -0.156. The SMILES string of the molecule is CC(C)(C)OC(=O)CN1CC=C(c2cccc(NCC3CCC(=O)NC3=O)c2)CC1. The summed E-state index contributed by atoms with van der Waals surface area (Å²) in [5, 5.41) is 5.72. The van der Waals surface area contributed by atoms with Gasteiger partial charge in [-0.25, -0.2) is 0 Å². The van der Waals surface area contributed by atoms with E-state index in [1.165, 1.54) is 5.57 Å². The fourth-order valence-electron chi connectivity index (χ4n) is 3.68. The molecule has 3 rings (SSSR count). The van der Waals surface area contributed by atoms with E-state index in [1.54, 1.807) is 0 Å². The van der Waals surface area contributed by atoms with Gasteiger partial charge in [0.2, 0.25) is 11.8 Å². The maximum absolute atomic E-state index is 12.0. The maximum atomic E-state index is 12.0. The first kappa shape index (κ1) is 22.0. The summed E-state index contributed by atoms with van der Waals surface area (Å²) >= 11 is 0. The van der Waals surface area contributed by atoms with E-state index in [0.29, 0.717) is 32.5 Å². The number of rotatable bonds is 6. The number of nitrogens with one attached hydrogen (secondary N) is 2. The van der Waals surface area contributed by atoms with Crippen molar-refractivity contribution in [3.63, 3.8) is 0 Å². The largest absolute Gasteiger partial charge is 0.459 e. The van der Waals surface area contributed by atoms with E-state index in [2.05, 4.69) is 33.7 Å². The summed E-state index contributed by atoms with van der Waals surface area (Å²) in [5.41, 5.74) is 2.88. The number of nitrogens with zero attached hydrogens (tertiary/aromatic N) is 1. The smallest absolute Gasteiger partial charge is 0.320 e. The Hall–Kier alpha value is -2.67. The number of carbonyl (C=O) groups is 3. The van der Waals surface area contributed by atoms with Gasteiger partial charge in [0.25, 0.3) is 0 Å². The lowest BCUT2D eigenvalue weighted by atomic mass is 9.97. The molecule has 1 saturated heterocycles. The highest BCUT2D eigenvalue weighted by Gasteiger charge is 2.26. The summed E-state index contributed by atoms with van der Waals surface area (Å²) in [5.74, 6) is -0.779. The van der Waals surface area contributed by atoms with E-state index in [9.17, 15) is 14.4 Å². The molecule has 0 bridgehead atoms. The van der Waals surface area contributed by atoms with Gasteiger partial charge in [0, 0.05) is 31.7 Å². The zero-order valence-electron chi connectivity index (χ0n) is 18.0. The minimum Gasteiger partial charge on any atom is -0.459 e. The Bertz CT molecular complexity index is 841. The normalized spacial score (nSPS) is 20.4. The molecule has 0 aromatic heterocycles. The molecule has 7 nitrogen and oxygen atoms in total. The molecule has 2 heterocycles. The summed E-state index contributed by atoms with van der Waals surface area (Å²) in [6.07, 6.45) is 3.99. The molecule has 1 unspecified atom stereocenters. The second kappa shape index (κ2) is 9.43. The van der Waals surface area contributed by atoms with Gasteiger partial charge in [-0.1, -0.05) is 18.2 Å². The molecular formula is C23H31N3O4. The van der Waals surface area contributed by atoms with E-state index in [-0.39, 0.29) is 23.7 Å². The number of ether oxygens (including phenoxy) is 1. The van der Waals surface area contributed by atoms with Gasteiger partial charge in [-0.05, 0) is 56.9 Å². The molecule has 1 aromatic rings. The van der Waals surface area contributed by atoms with Crippen LogP contribution in [0, 0.1) is 5.92 Å². The Morgan fingerprint density at radius 2 is 2.07 bits per heavy atom. The van der Waals surface area contributed by atoms with Gasteiger partial charge in [-0.2, -0.15) is 0 Å². The fourth-order valence-corrected chi connectivity index (χ4v) is 3.68. The summed E-state index contributed by atoms with van der Waals surface area (Å²) in [6.45, 7) is 7.95. The van der Waals surface area contributed by atoms with Gasteiger partial charge in [0.1, 0.15) is 5.60 Å². The average molecular weight is 414 g/mol. The molecule has 2 aliphatic heterocycles. The van der Waals surface area contributed by atoms with Crippen LogP contribution in [-0.2, 0) is 19.1 Å². The van der Waals surface area contributed by atoms with E-state index in [1.807, 2.05) is 32.9 Å². The first-order valence-corrected chi connectivity index (χ1v) is 10.5. The zero-order chi connectivity index (χ0) is 21.7. The van der Waals surface area contributed by atoms with Crippen LogP contribution in [0.2, 0.25) is 0 Å². The standard InChI is InChI=1S/C23H31N3O4/c1-23(2,3)30-21(28)15-26-11-9-16(10-12-26)17-5-4-6-19(13-17)24-14-18-7-8-20(27)25-22(18)29/h4-6,9,13,18,24H,7-8,10-12,14-15H2,1-3H3,(H,25,27,29). The van der Waals surface area contributed by atoms with Crippen molar-refractivity contribution >= 4 is 29.0 Å². The van der Waals surface area contributed by atoms with Crippen LogP contribution in [0.1, 0.15) is 45.6 Å². The minimum atomic E-state index is -0.463. The van der Waals surface area contributed by atoms with Crippen molar-refractivity contribution < 1.29 is 19.1 Å². The molecule has 2 amide bonds. The molecule has 0 radical (unpaired) electrons. The van der Waals surface area contributed by atoms with Gasteiger partial charge in [-0.15, -0.1) is 0 Å². The van der Waals surface area contributed by atoms with Gasteiger partial charge in [0.05, 0.1) is 12.5 Å². The molecule has 1 fully saturated rings. The summed E-state index contributed by atoms with van der Waals surface area (Å²) in [4.78, 5) is 37.3. The van der Waals surface area contributed by atoms with Crippen LogP contribution in [0.5, 0.6) is 0 Å². The molecule has 1 aromatic carbocycles. The lowest BCUT2D eigenvalue weighted by Gasteiger charge is -2.27. The number of hydrogen-bond donors (Lipinski definition) is 2. The monoisotopic (exact) mass is 413 g/mol. The number of esters is 1. The van der Waals surface area contributed by atoms with Gasteiger partial charge >= 0.3 is 5.97 Å². The fraction of sp³-hybridized carbons (Fsp3) is 0.522. The Kier molecular flexibility index (Phi) is 6.92. The quantitative estimate of drug-likeness (QED) is 0.551. The predicted molar refractivity (Wildman–Crippen MR) is 116 cm³/mol. The molecule has 7 heteroatoms. The van der Waals surface area contributed by atoms with Crippen molar-refractivity contribution in [1.82, 2.24) is 10.2 Å². The summed E-state index contributed by atoms with van der Waals surface area (Å²) in [6, 6.07) is 8.14. The molecule has 162 valence electrons. The Labute approximate surface area is 177 Å². The van der Waals surface area contributed by atoms with Crippen molar-refractivity contribution in [2.45, 2.75) is 45.6 Å². The van der Waals surface area contributed by atoms with Crippen LogP contribution in [-0.4, -0.2) is 54.5 Å². The molecule has 0 saturated carbocycles. The highest BCUT2D eigenvalue weighted by Crippen LogP contribution is 2.25. The third-order valence-electron chi connectivity index (χ3n) is 5.21. The molecule has 2 N–H and O–H groups in total. The van der Waals surface area contributed by atoms with Crippen LogP contribution in [0.25, 0.3) is 5.57 Å². The van der Waals surface area contributed by atoms with Gasteiger partial charge < -0.3 is 10.1 Å². The number of anilines is 1. The Morgan fingerprint density at radius 3 is 2.73 bits per heavy atom. The number of hydrogen-bond acceptors (Lipinski definition) is 6.